The first kappa shape index (κ1) is 9.34. The zero-order valence-corrected chi connectivity index (χ0v) is 6.43. The third kappa shape index (κ3) is 5.48. The Kier molecular flexibility index (Phi) is 6.03. The van der Waals surface area contributed by atoms with Crippen LogP contribution < -0.4 is 0 Å². The second-order valence-corrected chi connectivity index (χ2v) is 2.35. The number of Topliss-reactive ketones (excluding diaryl/α,β-unsaturated/α-hetero) is 1. The normalized spacial score (nSPS) is 9.30. The predicted molar refractivity (Wildman–Crippen MR) is 39.8 cm³/mol. The smallest absolute Gasteiger partial charge is 0.132 e. The van der Waals surface area contributed by atoms with Gasteiger partial charge in [0.2, 0.25) is 0 Å². The van der Waals surface area contributed by atoms with Crippen LogP contribution >= 0.6 is 0 Å². The summed E-state index contributed by atoms with van der Waals surface area (Å²) >= 11 is 0. The maximum absolute atomic E-state index is 10.8. The first-order valence-electron chi connectivity index (χ1n) is 3.76. The fraction of sp³-hybridized carbons (Fsp3) is 0.750. The van der Waals surface area contributed by atoms with Crippen molar-refractivity contribution in [2.75, 3.05) is 0 Å². The molecule has 0 heterocycles. The molecule has 0 aromatic heterocycles. The molecule has 0 aliphatic rings. The molecule has 0 aliphatic heterocycles. The molecule has 0 aromatic rings. The monoisotopic (exact) mass is 142 g/mol. The Balaban J connectivity index is 3.13. The Morgan fingerprint density at radius 1 is 1.40 bits per heavy atom. The molecule has 0 saturated carbocycles. The van der Waals surface area contributed by atoms with E-state index in [9.17, 15) is 9.59 Å². The van der Waals surface area contributed by atoms with Gasteiger partial charge in [0.15, 0.2) is 0 Å². The number of carbonyl (C=O) groups is 2. The second-order valence-electron chi connectivity index (χ2n) is 2.35. The van der Waals surface area contributed by atoms with Crippen molar-refractivity contribution in [1.82, 2.24) is 0 Å². The van der Waals surface area contributed by atoms with Crippen LogP contribution in [-0.2, 0) is 9.59 Å². The summed E-state index contributed by atoms with van der Waals surface area (Å²) in [5, 5.41) is 0. The third-order valence-electron chi connectivity index (χ3n) is 1.31. The highest BCUT2D eigenvalue weighted by atomic mass is 16.1. The van der Waals surface area contributed by atoms with Gasteiger partial charge in [-0.3, -0.25) is 4.79 Å². The summed E-state index contributed by atoms with van der Waals surface area (Å²) in [7, 11) is 0. The molecule has 0 aromatic carbocycles. The van der Waals surface area contributed by atoms with Crippen molar-refractivity contribution >= 4 is 12.1 Å². The first-order valence-corrected chi connectivity index (χ1v) is 3.76. The molecule has 0 bridgehead atoms. The topological polar surface area (TPSA) is 34.1 Å². The van der Waals surface area contributed by atoms with Crippen molar-refractivity contribution in [3.63, 3.8) is 0 Å². The van der Waals surface area contributed by atoms with Crippen LogP contribution in [0.2, 0.25) is 0 Å². The Hall–Kier alpha value is -0.660. The fourth-order valence-electron chi connectivity index (χ4n) is 0.786. The lowest BCUT2D eigenvalue weighted by atomic mass is 10.1. The minimum Gasteiger partial charge on any atom is -0.303 e. The molecule has 0 N–H and O–H groups in total. The van der Waals surface area contributed by atoms with Gasteiger partial charge in [-0.25, -0.2) is 0 Å². The molecule has 0 atom stereocenters. The molecule has 0 aliphatic carbocycles. The minimum atomic E-state index is 0.282. The highest BCUT2D eigenvalue weighted by Crippen LogP contribution is 1.99. The van der Waals surface area contributed by atoms with Crippen LogP contribution in [0.25, 0.3) is 0 Å². The number of carbonyl (C=O) groups excluding carboxylic acids is 2. The van der Waals surface area contributed by atoms with Gasteiger partial charge >= 0.3 is 0 Å². The van der Waals surface area contributed by atoms with Crippen molar-refractivity contribution in [2.45, 2.75) is 39.0 Å². The van der Waals surface area contributed by atoms with E-state index >= 15 is 0 Å². The lowest BCUT2D eigenvalue weighted by Crippen LogP contribution is -1.96. The first-order chi connectivity index (χ1) is 4.81. The van der Waals surface area contributed by atoms with Crippen molar-refractivity contribution in [3.05, 3.63) is 0 Å². The number of ketones is 1. The van der Waals surface area contributed by atoms with E-state index in [1.807, 2.05) is 6.92 Å². The van der Waals surface area contributed by atoms with Crippen LogP contribution in [0.1, 0.15) is 39.0 Å². The summed E-state index contributed by atoms with van der Waals surface area (Å²) in [5.41, 5.74) is 0. The Bertz CT molecular complexity index is 108. The van der Waals surface area contributed by atoms with E-state index in [1.54, 1.807) is 0 Å². The zero-order valence-electron chi connectivity index (χ0n) is 6.43. The van der Waals surface area contributed by atoms with Crippen LogP contribution in [0, 0.1) is 0 Å². The summed E-state index contributed by atoms with van der Waals surface area (Å²) < 4.78 is 0. The summed E-state index contributed by atoms with van der Waals surface area (Å²) in [6.07, 6.45) is 4.27. The molecule has 0 radical (unpaired) electrons. The molecule has 10 heavy (non-hydrogen) atoms. The molecule has 58 valence electrons. The van der Waals surface area contributed by atoms with E-state index in [2.05, 4.69) is 0 Å². The quantitative estimate of drug-likeness (QED) is 0.418. The molecule has 0 fully saturated rings. The van der Waals surface area contributed by atoms with Gasteiger partial charge in [-0.15, -0.1) is 0 Å². The van der Waals surface area contributed by atoms with Crippen molar-refractivity contribution in [2.24, 2.45) is 0 Å². The Morgan fingerprint density at radius 2 is 2.10 bits per heavy atom. The maximum Gasteiger partial charge on any atom is 0.132 e. The molecule has 2 nitrogen and oxygen atoms in total. The van der Waals surface area contributed by atoms with E-state index in [0.717, 1.165) is 19.1 Å². The SMILES string of the molecule is CCCC(=O)CCCC=O. The van der Waals surface area contributed by atoms with Crippen LogP contribution in [0.5, 0.6) is 0 Å². The molecule has 0 saturated heterocycles. The summed E-state index contributed by atoms with van der Waals surface area (Å²) in [4.78, 5) is 20.6. The molecular formula is C8H14O2. The molecule has 0 spiro atoms. The van der Waals surface area contributed by atoms with Gasteiger partial charge in [0.1, 0.15) is 12.1 Å². The number of unbranched alkanes of at least 4 members (excludes halogenated alkanes) is 1. The van der Waals surface area contributed by atoms with Gasteiger partial charge in [-0.2, -0.15) is 0 Å². The number of hydrogen-bond donors (Lipinski definition) is 0. The molecular weight excluding hydrogens is 128 g/mol. The second kappa shape index (κ2) is 6.46. The van der Waals surface area contributed by atoms with Gasteiger partial charge in [0.25, 0.3) is 0 Å². The number of aldehydes is 1. The van der Waals surface area contributed by atoms with Gasteiger partial charge in [-0.05, 0) is 12.8 Å². The molecule has 0 rings (SSSR count). The lowest BCUT2D eigenvalue weighted by Gasteiger charge is -1.93. The Labute approximate surface area is 61.6 Å². The number of rotatable bonds is 6. The van der Waals surface area contributed by atoms with E-state index < -0.39 is 0 Å². The fourth-order valence-corrected chi connectivity index (χ4v) is 0.786. The van der Waals surface area contributed by atoms with Crippen LogP contribution in [-0.4, -0.2) is 12.1 Å². The van der Waals surface area contributed by atoms with Gasteiger partial charge in [0.05, 0.1) is 0 Å². The van der Waals surface area contributed by atoms with E-state index in [1.165, 1.54) is 0 Å². The largest absolute Gasteiger partial charge is 0.303 e. The van der Waals surface area contributed by atoms with E-state index in [0.29, 0.717) is 19.3 Å². The van der Waals surface area contributed by atoms with Gasteiger partial charge in [0, 0.05) is 19.3 Å². The van der Waals surface area contributed by atoms with Crippen molar-refractivity contribution in [1.29, 1.82) is 0 Å². The highest BCUT2D eigenvalue weighted by molar-refractivity contribution is 5.78. The Morgan fingerprint density at radius 3 is 2.60 bits per heavy atom. The molecule has 0 unspecified atom stereocenters. The summed E-state index contributed by atoms with van der Waals surface area (Å²) in [6.45, 7) is 1.98. The summed E-state index contributed by atoms with van der Waals surface area (Å²) in [6, 6.07) is 0. The van der Waals surface area contributed by atoms with Crippen LogP contribution in [0.15, 0.2) is 0 Å². The predicted octanol–water partition coefficient (Wildman–Crippen LogP) is 1.72. The minimum absolute atomic E-state index is 0.282. The third-order valence-corrected chi connectivity index (χ3v) is 1.31. The van der Waals surface area contributed by atoms with Crippen LogP contribution in [0.3, 0.4) is 0 Å². The average molecular weight is 142 g/mol. The summed E-state index contributed by atoms with van der Waals surface area (Å²) in [5.74, 6) is 0.282. The highest BCUT2D eigenvalue weighted by Gasteiger charge is 1.97. The zero-order chi connectivity index (χ0) is 7.82. The van der Waals surface area contributed by atoms with Crippen molar-refractivity contribution in [3.8, 4) is 0 Å². The lowest BCUT2D eigenvalue weighted by molar-refractivity contribution is -0.119. The van der Waals surface area contributed by atoms with Crippen molar-refractivity contribution < 1.29 is 9.59 Å². The van der Waals surface area contributed by atoms with Gasteiger partial charge < -0.3 is 4.79 Å². The van der Waals surface area contributed by atoms with Crippen LogP contribution in [0.4, 0.5) is 0 Å². The average Bonchev–Trinajstić information content (AvgIpc) is 1.89. The van der Waals surface area contributed by atoms with Gasteiger partial charge in [-0.1, -0.05) is 6.92 Å². The standard InChI is InChI=1S/C8H14O2/c1-2-5-8(10)6-3-4-7-9/h7H,2-6H2,1H3. The van der Waals surface area contributed by atoms with E-state index in [-0.39, 0.29) is 5.78 Å². The number of hydrogen-bond acceptors (Lipinski definition) is 2. The molecule has 0 amide bonds. The molecule has 2 heteroatoms. The van der Waals surface area contributed by atoms with E-state index in [4.69, 9.17) is 0 Å². The maximum atomic E-state index is 10.8.